The lowest BCUT2D eigenvalue weighted by Crippen LogP contribution is -2.54. The van der Waals surface area contributed by atoms with Crippen LogP contribution in [0.2, 0.25) is 0 Å². The van der Waals surface area contributed by atoms with Gasteiger partial charge in [-0.15, -0.1) is 0 Å². The minimum Gasteiger partial charge on any atom is -0.379 e. The van der Waals surface area contributed by atoms with Gasteiger partial charge in [-0.1, -0.05) is 41.0 Å². The first-order chi connectivity index (χ1) is 17.7. The number of carbonyl (C=O) groups excluding carboxylic acids is 2. The highest BCUT2D eigenvalue weighted by Gasteiger charge is 2.32. The summed E-state index contributed by atoms with van der Waals surface area (Å²) in [6.07, 6.45) is 1.69. The summed E-state index contributed by atoms with van der Waals surface area (Å²) in [6, 6.07) is -0.423. The van der Waals surface area contributed by atoms with E-state index in [1.54, 1.807) is 19.1 Å². The lowest BCUT2D eigenvalue weighted by atomic mass is 9.91. The summed E-state index contributed by atoms with van der Waals surface area (Å²) in [5.74, 6) is 4.97. The standard InChI is InChI=1S/C26H54N4O7/c1-9-21(5)25(22(10-2)33-8)30(7)23(31)19-28-26(32)24(20(3)4)29(6)11-12-34-13-14-35-15-16-36-17-18-37-27/h20-22,24-25H,9-19,27H2,1-8H3,(H,28,32). The molecule has 0 spiro atoms. The zero-order valence-corrected chi connectivity index (χ0v) is 24.5. The molecule has 0 radical (unpaired) electrons. The maximum Gasteiger partial charge on any atom is 0.242 e. The molecule has 0 saturated carbocycles. The maximum absolute atomic E-state index is 13.0. The van der Waals surface area contributed by atoms with Gasteiger partial charge in [0.2, 0.25) is 11.8 Å². The quantitative estimate of drug-likeness (QED) is 0.147. The molecule has 0 rings (SSSR count). The van der Waals surface area contributed by atoms with E-state index in [9.17, 15) is 9.59 Å². The third-order valence-corrected chi connectivity index (χ3v) is 6.62. The molecule has 0 fully saturated rings. The summed E-state index contributed by atoms with van der Waals surface area (Å²) in [7, 11) is 5.37. The summed E-state index contributed by atoms with van der Waals surface area (Å²) in [4.78, 5) is 34.1. The van der Waals surface area contributed by atoms with Gasteiger partial charge < -0.3 is 34.0 Å². The van der Waals surface area contributed by atoms with Gasteiger partial charge in [-0.3, -0.25) is 14.5 Å². The predicted octanol–water partition coefficient (Wildman–Crippen LogP) is 1.30. The van der Waals surface area contributed by atoms with Crippen molar-refractivity contribution in [3.8, 4) is 0 Å². The fourth-order valence-electron chi connectivity index (χ4n) is 4.35. The Labute approximate surface area is 224 Å². The SMILES string of the molecule is CCC(C)C(C(CC)OC)N(C)C(=O)CNC(=O)C(C(C)C)N(C)CCOCCOCCOCCON. The van der Waals surface area contributed by atoms with E-state index >= 15 is 0 Å². The lowest BCUT2D eigenvalue weighted by Gasteiger charge is -2.37. The van der Waals surface area contributed by atoms with Crippen molar-refractivity contribution < 1.29 is 33.4 Å². The molecule has 0 aliphatic rings. The van der Waals surface area contributed by atoms with E-state index in [0.717, 1.165) is 12.8 Å². The van der Waals surface area contributed by atoms with Gasteiger partial charge in [0, 0.05) is 20.7 Å². The van der Waals surface area contributed by atoms with Crippen molar-refractivity contribution >= 4 is 11.8 Å². The van der Waals surface area contributed by atoms with Gasteiger partial charge in [0.1, 0.15) is 0 Å². The lowest BCUT2D eigenvalue weighted by molar-refractivity contribution is -0.138. The van der Waals surface area contributed by atoms with Crippen LogP contribution in [0.25, 0.3) is 0 Å². The minimum absolute atomic E-state index is 0.0454. The molecule has 37 heavy (non-hydrogen) atoms. The third kappa shape index (κ3) is 14.4. The zero-order chi connectivity index (χ0) is 28.2. The van der Waals surface area contributed by atoms with E-state index in [0.29, 0.717) is 52.8 Å². The Kier molecular flexibility index (Phi) is 20.8. The van der Waals surface area contributed by atoms with Gasteiger partial charge in [-0.2, -0.15) is 0 Å². The highest BCUT2D eigenvalue weighted by atomic mass is 16.6. The smallest absolute Gasteiger partial charge is 0.242 e. The Morgan fingerprint density at radius 3 is 1.86 bits per heavy atom. The molecule has 0 aromatic rings. The number of rotatable bonds is 23. The Bertz CT molecular complexity index is 593. The summed E-state index contributed by atoms with van der Waals surface area (Å²) >= 11 is 0. The Morgan fingerprint density at radius 1 is 0.865 bits per heavy atom. The van der Waals surface area contributed by atoms with Crippen molar-refractivity contribution in [1.82, 2.24) is 15.1 Å². The molecule has 0 aliphatic carbocycles. The first-order valence-corrected chi connectivity index (χ1v) is 13.5. The fourth-order valence-corrected chi connectivity index (χ4v) is 4.35. The number of hydrogen-bond acceptors (Lipinski definition) is 9. The number of likely N-dealkylation sites (N-methyl/N-ethyl adjacent to an activating group) is 2. The van der Waals surface area contributed by atoms with Crippen molar-refractivity contribution in [2.45, 2.75) is 65.6 Å². The van der Waals surface area contributed by atoms with Gasteiger partial charge in [0.25, 0.3) is 0 Å². The first-order valence-electron chi connectivity index (χ1n) is 13.5. The summed E-state index contributed by atoms with van der Waals surface area (Å²) in [5.41, 5.74) is 0. The highest BCUT2D eigenvalue weighted by molar-refractivity contribution is 5.87. The molecule has 4 atom stereocenters. The van der Waals surface area contributed by atoms with E-state index in [-0.39, 0.29) is 48.4 Å². The number of nitrogens with two attached hydrogens (primary N) is 1. The molecule has 0 aromatic carbocycles. The Balaban J connectivity index is 4.56. The average molecular weight is 535 g/mol. The van der Waals surface area contributed by atoms with Crippen molar-refractivity contribution in [3.63, 3.8) is 0 Å². The molecule has 220 valence electrons. The van der Waals surface area contributed by atoms with Crippen LogP contribution in [0.5, 0.6) is 0 Å². The largest absolute Gasteiger partial charge is 0.379 e. The van der Waals surface area contributed by atoms with Gasteiger partial charge >= 0.3 is 0 Å². The normalized spacial score (nSPS) is 15.0. The molecule has 11 nitrogen and oxygen atoms in total. The van der Waals surface area contributed by atoms with Gasteiger partial charge in [-0.25, -0.2) is 5.90 Å². The average Bonchev–Trinajstić information content (AvgIpc) is 2.87. The van der Waals surface area contributed by atoms with Crippen LogP contribution in [0.15, 0.2) is 0 Å². The van der Waals surface area contributed by atoms with Crippen LogP contribution in [0.1, 0.15) is 47.5 Å². The molecule has 0 aliphatic heterocycles. The fraction of sp³-hybridized carbons (Fsp3) is 0.923. The number of amides is 2. The van der Waals surface area contributed by atoms with Gasteiger partial charge in [0.15, 0.2) is 0 Å². The molecule has 11 heteroatoms. The van der Waals surface area contributed by atoms with Crippen molar-refractivity contribution in [2.24, 2.45) is 17.7 Å². The zero-order valence-electron chi connectivity index (χ0n) is 24.5. The van der Waals surface area contributed by atoms with E-state index in [1.807, 2.05) is 25.8 Å². The van der Waals surface area contributed by atoms with Crippen LogP contribution in [-0.4, -0.2) is 120 Å². The van der Waals surface area contributed by atoms with E-state index < -0.39 is 0 Å². The maximum atomic E-state index is 13.0. The molecule has 0 heterocycles. The van der Waals surface area contributed by atoms with Crippen molar-refractivity contribution in [2.75, 3.05) is 80.5 Å². The van der Waals surface area contributed by atoms with Crippen LogP contribution >= 0.6 is 0 Å². The molecule has 0 aromatic heterocycles. The molecule has 0 bridgehead atoms. The van der Waals surface area contributed by atoms with Crippen LogP contribution in [0.4, 0.5) is 0 Å². The number of nitrogens with zero attached hydrogens (tertiary/aromatic N) is 2. The van der Waals surface area contributed by atoms with Gasteiger partial charge in [-0.05, 0) is 25.3 Å². The topological polar surface area (TPSA) is 125 Å². The molecular weight excluding hydrogens is 480 g/mol. The van der Waals surface area contributed by atoms with Crippen LogP contribution in [0.3, 0.4) is 0 Å². The molecule has 3 N–H and O–H groups in total. The number of methoxy groups -OCH3 is 1. The first kappa shape index (κ1) is 35.7. The summed E-state index contributed by atoms with van der Waals surface area (Å²) in [6.45, 7) is 13.9. The van der Waals surface area contributed by atoms with Crippen LogP contribution < -0.4 is 11.2 Å². The van der Waals surface area contributed by atoms with Gasteiger partial charge in [0.05, 0.1) is 71.0 Å². The number of carbonyl (C=O) groups is 2. The minimum atomic E-state index is -0.375. The molecular formula is C26H54N4O7. The van der Waals surface area contributed by atoms with Crippen molar-refractivity contribution in [3.05, 3.63) is 0 Å². The summed E-state index contributed by atoms with van der Waals surface area (Å²) in [5, 5.41) is 2.86. The predicted molar refractivity (Wildman–Crippen MR) is 144 cm³/mol. The Hall–Kier alpha value is -1.34. The van der Waals surface area contributed by atoms with Crippen molar-refractivity contribution in [1.29, 1.82) is 0 Å². The third-order valence-electron chi connectivity index (χ3n) is 6.62. The number of nitrogens with one attached hydrogen (secondary N) is 1. The molecule has 0 saturated heterocycles. The van der Waals surface area contributed by atoms with Crippen LogP contribution in [0, 0.1) is 11.8 Å². The second-order valence-electron chi connectivity index (χ2n) is 9.66. The highest BCUT2D eigenvalue weighted by Crippen LogP contribution is 2.21. The summed E-state index contributed by atoms with van der Waals surface area (Å²) < 4.78 is 22.0. The molecule has 2 amide bonds. The van der Waals surface area contributed by atoms with Crippen LogP contribution in [-0.2, 0) is 33.4 Å². The second kappa shape index (κ2) is 21.6. The van der Waals surface area contributed by atoms with E-state index in [4.69, 9.17) is 24.8 Å². The second-order valence-corrected chi connectivity index (χ2v) is 9.66. The van der Waals surface area contributed by atoms with E-state index in [1.165, 1.54) is 0 Å². The Morgan fingerprint density at radius 2 is 1.41 bits per heavy atom. The number of hydrogen-bond donors (Lipinski definition) is 2. The molecule has 4 unspecified atom stereocenters. The van der Waals surface area contributed by atoms with E-state index in [2.05, 4.69) is 30.9 Å². The monoisotopic (exact) mass is 534 g/mol. The number of ether oxygens (including phenoxy) is 4.